The number of furan rings is 1. The summed E-state index contributed by atoms with van der Waals surface area (Å²) < 4.78 is 7.58. The predicted molar refractivity (Wildman–Crippen MR) is 114 cm³/mol. The summed E-state index contributed by atoms with van der Waals surface area (Å²) in [6, 6.07) is 18.6. The van der Waals surface area contributed by atoms with Gasteiger partial charge in [0.05, 0.1) is 12.0 Å². The Morgan fingerprint density at radius 3 is 2.69 bits per heavy atom. The molecule has 29 heavy (non-hydrogen) atoms. The number of rotatable bonds is 5. The smallest absolute Gasteiger partial charge is 0.274 e. The maximum absolute atomic E-state index is 13.2. The summed E-state index contributed by atoms with van der Waals surface area (Å²) in [5.74, 6) is 0.574. The summed E-state index contributed by atoms with van der Waals surface area (Å²) in [5.41, 5.74) is 2.72. The number of carbonyl (C=O) groups excluding carboxylic acids is 1. The van der Waals surface area contributed by atoms with Crippen LogP contribution in [-0.4, -0.2) is 26.1 Å². The molecule has 144 valence electrons. The minimum absolute atomic E-state index is 0.219. The molecule has 8 heteroatoms. The van der Waals surface area contributed by atoms with Crippen LogP contribution < -0.4 is 5.32 Å². The van der Waals surface area contributed by atoms with Crippen molar-refractivity contribution in [1.29, 1.82) is 0 Å². The number of anilines is 1. The molecule has 0 spiro atoms. The lowest BCUT2D eigenvalue weighted by atomic mass is 10.2. The number of tetrazole rings is 1. The van der Waals surface area contributed by atoms with Crippen molar-refractivity contribution < 1.29 is 9.21 Å². The summed E-state index contributed by atoms with van der Waals surface area (Å²) in [5, 5.41) is 14.8. The van der Waals surface area contributed by atoms with E-state index < -0.39 is 0 Å². The minimum atomic E-state index is -0.379. The van der Waals surface area contributed by atoms with Crippen LogP contribution in [0.15, 0.2) is 75.8 Å². The fourth-order valence-corrected chi connectivity index (χ4v) is 3.35. The van der Waals surface area contributed by atoms with Crippen molar-refractivity contribution in [2.45, 2.75) is 6.92 Å². The number of nitrogens with one attached hydrogen (secondary N) is 1. The molecule has 2 heterocycles. The highest BCUT2D eigenvalue weighted by molar-refractivity contribution is 9.10. The third-order valence-corrected chi connectivity index (χ3v) is 4.81. The van der Waals surface area contributed by atoms with E-state index in [1.54, 1.807) is 18.2 Å². The van der Waals surface area contributed by atoms with Crippen molar-refractivity contribution in [1.82, 2.24) is 20.2 Å². The monoisotopic (exact) mass is 449 g/mol. The van der Waals surface area contributed by atoms with Crippen molar-refractivity contribution in [2.24, 2.45) is 0 Å². The van der Waals surface area contributed by atoms with Crippen LogP contribution in [0.5, 0.6) is 0 Å². The number of benzene rings is 2. The van der Waals surface area contributed by atoms with Gasteiger partial charge in [-0.2, -0.15) is 4.68 Å². The summed E-state index contributed by atoms with van der Waals surface area (Å²) in [6.07, 6.45) is 3.13. The summed E-state index contributed by atoms with van der Waals surface area (Å²) in [7, 11) is 0. The van der Waals surface area contributed by atoms with Crippen molar-refractivity contribution in [3.8, 4) is 11.4 Å². The van der Waals surface area contributed by atoms with Gasteiger partial charge in [0.1, 0.15) is 11.5 Å². The van der Waals surface area contributed by atoms with E-state index in [0.717, 1.165) is 15.6 Å². The minimum Gasteiger partial charge on any atom is -0.465 e. The predicted octanol–water partition coefficient (Wildman–Crippen LogP) is 4.64. The SMILES string of the molecule is Cc1ccc(NC(=O)/C(=C/c2ccco2)n2nnnc2-c2ccccc2)c(Br)c1. The molecule has 0 atom stereocenters. The number of aromatic nitrogens is 4. The Morgan fingerprint density at radius 1 is 1.14 bits per heavy atom. The molecule has 2 aromatic heterocycles. The maximum Gasteiger partial charge on any atom is 0.274 e. The third kappa shape index (κ3) is 4.17. The number of halogens is 1. The fraction of sp³-hybridized carbons (Fsp3) is 0.0476. The average molecular weight is 450 g/mol. The van der Waals surface area contributed by atoms with Gasteiger partial charge >= 0.3 is 0 Å². The van der Waals surface area contributed by atoms with Crippen molar-refractivity contribution >= 4 is 39.3 Å². The molecule has 0 radical (unpaired) electrons. The van der Waals surface area contributed by atoms with Crippen LogP contribution in [0.25, 0.3) is 23.2 Å². The number of carbonyl (C=O) groups is 1. The molecule has 4 aromatic rings. The van der Waals surface area contributed by atoms with Crippen LogP contribution in [0.1, 0.15) is 11.3 Å². The van der Waals surface area contributed by atoms with Crippen LogP contribution in [0.2, 0.25) is 0 Å². The summed E-state index contributed by atoms with van der Waals surface area (Å²) in [4.78, 5) is 13.2. The second-order valence-corrected chi connectivity index (χ2v) is 7.12. The van der Waals surface area contributed by atoms with Gasteiger partial charge in [-0.25, -0.2) is 0 Å². The molecule has 0 bridgehead atoms. The number of hydrogen-bond donors (Lipinski definition) is 1. The molecule has 1 N–H and O–H groups in total. The van der Waals surface area contributed by atoms with Crippen molar-refractivity contribution in [3.05, 3.63) is 82.7 Å². The third-order valence-electron chi connectivity index (χ3n) is 4.16. The van der Waals surface area contributed by atoms with Gasteiger partial charge in [-0.05, 0) is 63.1 Å². The highest BCUT2D eigenvalue weighted by Gasteiger charge is 2.20. The Morgan fingerprint density at radius 2 is 1.97 bits per heavy atom. The summed E-state index contributed by atoms with van der Waals surface area (Å²) >= 11 is 3.49. The Balaban J connectivity index is 1.76. The topological polar surface area (TPSA) is 85.8 Å². The molecule has 2 aromatic carbocycles. The first-order valence-corrected chi connectivity index (χ1v) is 9.58. The molecule has 0 aliphatic heterocycles. The molecular weight excluding hydrogens is 434 g/mol. The molecule has 0 aliphatic rings. The molecule has 4 rings (SSSR count). The lowest BCUT2D eigenvalue weighted by Gasteiger charge is -2.12. The van der Waals surface area contributed by atoms with E-state index in [4.69, 9.17) is 4.42 Å². The maximum atomic E-state index is 13.2. The molecule has 0 saturated heterocycles. The zero-order chi connectivity index (χ0) is 20.2. The van der Waals surface area contributed by atoms with Gasteiger partial charge in [0.25, 0.3) is 5.91 Å². The molecule has 7 nitrogen and oxygen atoms in total. The zero-order valence-electron chi connectivity index (χ0n) is 15.4. The molecular formula is C21H16BrN5O2. The first-order valence-electron chi connectivity index (χ1n) is 8.79. The van der Waals surface area contributed by atoms with Gasteiger partial charge in [0.2, 0.25) is 0 Å². The van der Waals surface area contributed by atoms with Gasteiger partial charge in [-0.1, -0.05) is 36.4 Å². The van der Waals surface area contributed by atoms with E-state index in [-0.39, 0.29) is 11.6 Å². The van der Waals surface area contributed by atoms with Crippen LogP contribution in [-0.2, 0) is 4.79 Å². The number of hydrogen-bond acceptors (Lipinski definition) is 5. The van der Waals surface area contributed by atoms with Gasteiger partial charge in [0, 0.05) is 16.1 Å². The van der Waals surface area contributed by atoms with Gasteiger partial charge in [-0.3, -0.25) is 4.79 Å². The van der Waals surface area contributed by atoms with Crippen LogP contribution in [0.3, 0.4) is 0 Å². The van der Waals surface area contributed by atoms with Gasteiger partial charge < -0.3 is 9.73 Å². The second kappa shape index (κ2) is 8.24. The second-order valence-electron chi connectivity index (χ2n) is 6.26. The Kier molecular flexibility index (Phi) is 5.35. The Bertz CT molecular complexity index is 1170. The van der Waals surface area contributed by atoms with Gasteiger partial charge in [0.15, 0.2) is 5.82 Å². The van der Waals surface area contributed by atoms with E-state index in [1.165, 1.54) is 10.9 Å². The molecule has 1 amide bonds. The van der Waals surface area contributed by atoms with E-state index >= 15 is 0 Å². The van der Waals surface area contributed by atoms with E-state index in [2.05, 4.69) is 36.8 Å². The molecule has 0 saturated carbocycles. The van der Waals surface area contributed by atoms with Crippen LogP contribution in [0, 0.1) is 6.92 Å². The molecule has 0 aliphatic carbocycles. The van der Waals surface area contributed by atoms with Crippen molar-refractivity contribution in [3.63, 3.8) is 0 Å². The largest absolute Gasteiger partial charge is 0.465 e. The summed E-state index contributed by atoms with van der Waals surface area (Å²) in [6.45, 7) is 1.98. The van der Waals surface area contributed by atoms with Crippen LogP contribution >= 0.6 is 15.9 Å². The first kappa shape index (κ1) is 18.8. The number of aryl methyl sites for hydroxylation is 1. The normalized spacial score (nSPS) is 11.4. The standard InChI is InChI=1S/C21H16BrN5O2/c1-14-9-10-18(17(22)12-14)23-21(28)19(13-16-8-5-11-29-16)27-20(24-25-26-27)15-6-3-2-4-7-15/h2-13H,1H3,(H,23,28)/b19-13-. The average Bonchev–Trinajstić information content (AvgIpc) is 3.40. The lowest BCUT2D eigenvalue weighted by Crippen LogP contribution is -2.19. The zero-order valence-corrected chi connectivity index (χ0v) is 17.0. The Labute approximate surface area is 175 Å². The van der Waals surface area contributed by atoms with Crippen molar-refractivity contribution in [2.75, 3.05) is 5.32 Å². The molecule has 0 unspecified atom stereocenters. The Hall–Kier alpha value is -3.52. The highest BCUT2D eigenvalue weighted by atomic mass is 79.9. The van der Waals surface area contributed by atoms with E-state index in [1.807, 2.05) is 55.5 Å². The van der Waals surface area contributed by atoms with E-state index in [0.29, 0.717) is 17.3 Å². The lowest BCUT2D eigenvalue weighted by molar-refractivity contribution is -0.111. The van der Waals surface area contributed by atoms with Crippen LogP contribution in [0.4, 0.5) is 5.69 Å². The quantitative estimate of drug-likeness (QED) is 0.448. The number of amides is 1. The van der Waals surface area contributed by atoms with Gasteiger partial charge in [-0.15, -0.1) is 5.10 Å². The van der Waals surface area contributed by atoms with E-state index in [9.17, 15) is 4.79 Å². The molecule has 0 fully saturated rings. The number of nitrogens with zero attached hydrogens (tertiary/aromatic N) is 4. The highest BCUT2D eigenvalue weighted by Crippen LogP contribution is 2.26. The fourth-order valence-electron chi connectivity index (χ4n) is 2.76. The first-order chi connectivity index (χ1) is 14.1.